The third-order valence-electron chi connectivity index (χ3n) is 5.93. The number of amides is 2. The first-order valence-corrected chi connectivity index (χ1v) is 9.47. The minimum absolute atomic E-state index is 0.0746. The summed E-state index contributed by atoms with van der Waals surface area (Å²) in [6.07, 6.45) is 6.93. The van der Waals surface area contributed by atoms with Crippen molar-refractivity contribution in [2.45, 2.75) is 25.7 Å². The zero-order valence-electron chi connectivity index (χ0n) is 15.6. The molecule has 0 N–H and O–H groups in total. The topological polar surface area (TPSA) is 66.4 Å². The molecule has 140 valence electrons. The molecule has 0 bridgehead atoms. The Hall–Kier alpha value is -2.76. The minimum atomic E-state index is 0.0746. The standard InChI is InChI=1S/C21H24N4O2/c1-24-15-21(8-7-18(24)26)9-13-25(14-10-21)20(27)17-5-3-16(4-6-17)19-22-11-2-12-23-19/h2-6,11-12H,7-10,13-15H2,1H3. The van der Waals surface area contributed by atoms with Gasteiger partial charge in [-0.2, -0.15) is 0 Å². The van der Waals surface area contributed by atoms with Crippen molar-refractivity contribution in [3.05, 3.63) is 48.3 Å². The van der Waals surface area contributed by atoms with E-state index in [0.29, 0.717) is 17.8 Å². The number of hydrogen-bond donors (Lipinski definition) is 0. The van der Waals surface area contributed by atoms with Gasteiger partial charge in [0, 0.05) is 56.6 Å². The summed E-state index contributed by atoms with van der Waals surface area (Å²) >= 11 is 0. The molecule has 0 saturated carbocycles. The van der Waals surface area contributed by atoms with Crippen LogP contribution in [0.5, 0.6) is 0 Å². The number of rotatable bonds is 2. The number of carbonyl (C=O) groups is 2. The van der Waals surface area contributed by atoms with Crippen molar-refractivity contribution >= 4 is 11.8 Å². The van der Waals surface area contributed by atoms with Crippen LogP contribution in [-0.4, -0.2) is 58.3 Å². The summed E-state index contributed by atoms with van der Waals surface area (Å²) < 4.78 is 0. The number of piperidine rings is 2. The van der Waals surface area contributed by atoms with Gasteiger partial charge in [-0.15, -0.1) is 0 Å². The number of carbonyl (C=O) groups excluding carboxylic acids is 2. The molecule has 3 heterocycles. The number of benzene rings is 1. The Bertz CT molecular complexity index is 827. The largest absolute Gasteiger partial charge is 0.345 e. The lowest BCUT2D eigenvalue weighted by Crippen LogP contribution is -2.51. The number of likely N-dealkylation sites (tertiary alicyclic amines) is 2. The van der Waals surface area contributed by atoms with E-state index in [-0.39, 0.29) is 17.2 Å². The normalized spacial score (nSPS) is 19.4. The van der Waals surface area contributed by atoms with E-state index in [1.54, 1.807) is 18.5 Å². The maximum absolute atomic E-state index is 12.9. The smallest absolute Gasteiger partial charge is 0.253 e. The highest BCUT2D eigenvalue weighted by atomic mass is 16.2. The van der Waals surface area contributed by atoms with E-state index in [1.165, 1.54) is 0 Å². The molecule has 0 radical (unpaired) electrons. The summed E-state index contributed by atoms with van der Waals surface area (Å²) in [4.78, 5) is 36.9. The molecule has 1 aromatic carbocycles. The molecule has 6 heteroatoms. The van der Waals surface area contributed by atoms with Crippen molar-refractivity contribution in [1.29, 1.82) is 0 Å². The van der Waals surface area contributed by atoms with Crippen molar-refractivity contribution in [3.63, 3.8) is 0 Å². The second-order valence-electron chi connectivity index (χ2n) is 7.69. The van der Waals surface area contributed by atoms with Crippen LogP contribution in [0, 0.1) is 5.41 Å². The van der Waals surface area contributed by atoms with Gasteiger partial charge in [0.25, 0.3) is 5.91 Å². The predicted molar refractivity (Wildman–Crippen MR) is 102 cm³/mol. The molecule has 2 aliphatic heterocycles. The van der Waals surface area contributed by atoms with E-state index >= 15 is 0 Å². The summed E-state index contributed by atoms with van der Waals surface area (Å²) in [6, 6.07) is 9.28. The van der Waals surface area contributed by atoms with E-state index in [0.717, 1.165) is 44.5 Å². The van der Waals surface area contributed by atoms with Crippen LogP contribution in [-0.2, 0) is 4.79 Å². The molecule has 1 spiro atoms. The van der Waals surface area contributed by atoms with Gasteiger partial charge in [-0.3, -0.25) is 9.59 Å². The summed E-state index contributed by atoms with van der Waals surface area (Å²) in [5.41, 5.74) is 1.79. The molecular formula is C21H24N4O2. The first-order chi connectivity index (χ1) is 13.1. The molecule has 0 unspecified atom stereocenters. The Morgan fingerprint density at radius 3 is 2.33 bits per heavy atom. The molecule has 2 aliphatic rings. The molecule has 1 aromatic heterocycles. The lowest BCUT2D eigenvalue weighted by atomic mass is 9.72. The molecule has 2 aromatic rings. The zero-order chi connectivity index (χ0) is 18.9. The van der Waals surface area contributed by atoms with Gasteiger partial charge in [-0.25, -0.2) is 9.97 Å². The maximum Gasteiger partial charge on any atom is 0.253 e. The van der Waals surface area contributed by atoms with E-state index < -0.39 is 0 Å². The number of nitrogens with zero attached hydrogens (tertiary/aromatic N) is 4. The fraction of sp³-hybridized carbons (Fsp3) is 0.429. The molecule has 0 aliphatic carbocycles. The Labute approximate surface area is 159 Å². The van der Waals surface area contributed by atoms with E-state index in [1.807, 2.05) is 41.1 Å². The second kappa shape index (κ2) is 7.10. The molecule has 0 atom stereocenters. The summed E-state index contributed by atoms with van der Waals surface area (Å²) in [5, 5.41) is 0. The average Bonchev–Trinajstić information content (AvgIpc) is 2.72. The van der Waals surface area contributed by atoms with E-state index in [4.69, 9.17) is 0 Å². The molecule has 27 heavy (non-hydrogen) atoms. The van der Waals surface area contributed by atoms with Gasteiger partial charge in [0.05, 0.1) is 0 Å². The third-order valence-corrected chi connectivity index (χ3v) is 5.93. The van der Waals surface area contributed by atoms with Crippen LogP contribution in [0.25, 0.3) is 11.4 Å². The van der Waals surface area contributed by atoms with Crippen LogP contribution in [0.3, 0.4) is 0 Å². The highest BCUT2D eigenvalue weighted by Crippen LogP contribution is 2.40. The van der Waals surface area contributed by atoms with Crippen LogP contribution in [0.4, 0.5) is 0 Å². The highest BCUT2D eigenvalue weighted by Gasteiger charge is 2.40. The minimum Gasteiger partial charge on any atom is -0.345 e. The van der Waals surface area contributed by atoms with Crippen LogP contribution in [0.15, 0.2) is 42.7 Å². The Kier molecular flexibility index (Phi) is 4.64. The molecule has 2 amide bonds. The third kappa shape index (κ3) is 3.56. The Balaban J connectivity index is 1.40. The Morgan fingerprint density at radius 1 is 1.04 bits per heavy atom. The van der Waals surface area contributed by atoms with E-state index in [2.05, 4.69) is 9.97 Å². The van der Waals surface area contributed by atoms with Gasteiger partial charge < -0.3 is 9.80 Å². The molecule has 6 nitrogen and oxygen atoms in total. The van der Waals surface area contributed by atoms with Crippen molar-refractivity contribution in [3.8, 4) is 11.4 Å². The molecule has 2 saturated heterocycles. The lowest BCUT2D eigenvalue weighted by Gasteiger charge is -2.46. The second-order valence-corrected chi connectivity index (χ2v) is 7.69. The van der Waals surface area contributed by atoms with Gasteiger partial charge in [0.2, 0.25) is 5.91 Å². The SMILES string of the molecule is CN1CC2(CCC1=O)CCN(C(=O)c1ccc(-c3ncccn3)cc1)CC2. The fourth-order valence-electron chi connectivity index (χ4n) is 4.22. The maximum atomic E-state index is 12.9. The number of aromatic nitrogens is 2. The monoisotopic (exact) mass is 364 g/mol. The molecule has 2 fully saturated rings. The van der Waals surface area contributed by atoms with Crippen molar-refractivity contribution in [1.82, 2.24) is 19.8 Å². The van der Waals surface area contributed by atoms with Gasteiger partial charge >= 0.3 is 0 Å². The molecular weight excluding hydrogens is 340 g/mol. The average molecular weight is 364 g/mol. The van der Waals surface area contributed by atoms with Crippen LogP contribution in [0.2, 0.25) is 0 Å². The summed E-state index contributed by atoms with van der Waals surface area (Å²) in [6.45, 7) is 2.33. The fourth-order valence-corrected chi connectivity index (χ4v) is 4.22. The molecule has 4 rings (SSSR count). The van der Waals surface area contributed by atoms with Crippen LogP contribution < -0.4 is 0 Å². The zero-order valence-corrected chi connectivity index (χ0v) is 15.6. The number of hydrogen-bond acceptors (Lipinski definition) is 4. The first kappa shape index (κ1) is 17.6. The van der Waals surface area contributed by atoms with Gasteiger partial charge in [-0.1, -0.05) is 12.1 Å². The van der Waals surface area contributed by atoms with Gasteiger partial charge in [-0.05, 0) is 42.9 Å². The van der Waals surface area contributed by atoms with Crippen molar-refractivity contribution in [2.75, 3.05) is 26.7 Å². The van der Waals surface area contributed by atoms with Crippen molar-refractivity contribution < 1.29 is 9.59 Å². The highest BCUT2D eigenvalue weighted by molar-refractivity contribution is 5.94. The van der Waals surface area contributed by atoms with Gasteiger partial charge in [0.1, 0.15) is 0 Å². The van der Waals surface area contributed by atoms with Crippen molar-refractivity contribution in [2.24, 2.45) is 5.41 Å². The lowest BCUT2D eigenvalue weighted by molar-refractivity contribution is -0.137. The predicted octanol–water partition coefficient (Wildman–Crippen LogP) is 2.62. The van der Waals surface area contributed by atoms with E-state index in [9.17, 15) is 9.59 Å². The first-order valence-electron chi connectivity index (χ1n) is 9.47. The summed E-state index contributed by atoms with van der Waals surface area (Å²) in [5.74, 6) is 0.972. The summed E-state index contributed by atoms with van der Waals surface area (Å²) in [7, 11) is 1.89. The quantitative estimate of drug-likeness (QED) is 0.822. The Morgan fingerprint density at radius 2 is 1.70 bits per heavy atom. The van der Waals surface area contributed by atoms with Crippen LogP contribution in [0.1, 0.15) is 36.0 Å². The van der Waals surface area contributed by atoms with Gasteiger partial charge in [0.15, 0.2) is 5.82 Å². The van der Waals surface area contributed by atoms with Crippen LogP contribution >= 0.6 is 0 Å².